The normalized spacial score (nSPS) is 12.8. The molecule has 2 heterocycles. The number of aromatic amines is 1. The van der Waals surface area contributed by atoms with Crippen LogP contribution >= 0.6 is 0 Å². The van der Waals surface area contributed by atoms with Gasteiger partial charge in [-0.1, -0.05) is 24.3 Å². The number of rotatable bonds is 2. The molecule has 2 aromatic heterocycles. The van der Waals surface area contributed by atoms with Crippen LogP contribution in [0.15, 0.2) is 55.0 Å². The van der Waals surface area contributed by atoms with Gasteiger partial charge in [-0.05, 0) is 30.2 Å². The van der Waals surface area contributed by atoms with Crippen molar-refractivity contribution in [2.45, 2.75) is 5.92 Å². The van der Waals surface area contributed by atoms with Gasteiger partial charge in [-0.3, -0.25) is 4.98 Å². The SMILES string of the molecule is [CH2]C(c1cccnc1)c1c[nH]c2ccccc12. The van der Waals surface area contributed by atoms with Crippen LogP contribution in [-0.4, -0.2) is 9.97 Å². The van der Waals surface area contributed by atoms with Gasteiger partial charge in [-0.2, -0.15) is 0 Å². The van der Waals surface area contributed by atoms with Gasteiger partial charge in [-0.15, -0.1) is 0 Å². The van der Waals surface area contributed by atoms with Gasteiger partial charge in [-0.25, -0.2) is 0 Å². The molecule has 0 amide bonds. The van der Waals surface area contributed by atoms with E-state index in [2.05, 4.69) is 41.2 Å². The second-order valence-electron chi connectivity index (χ2n) is 4.13. The van der Waals surface area contributed by atoms with E-state index in [0.717, 1.165) is 11.1 Å². The molecule has 17 heavy (non-hydrogen) atoms. The molecule has 2 heteroatoms. The molecule has 0 spiro atoms. The third-order valence-corrected chi connectivity index (χ3v) is 3.08. The van der Waals surface area contributed by atoms with E-state index in [9.17, 15) is 0 Å². The van der Waals surface area contributed by atoms with E-state index in [1.54, 1.807) is 6.20 Å². The average Bonchev–Trinajstić information content (AvgIpc) is 2.83. The van der Waals surface area contributed by atoms with E-state index in [0.29, 0.717) is 0 Å². The number of benzene rings is 1. The maximum atomic E-state index is 4.24. The highest BCUT2D eigenvalue weighted by Gasteiger charge is 2.12. The Morgan fingerprint density at radius 1 is 1.12 bits per heavy atom. The summed E-state index contributed by atoms with van der Waals surface area (Å²) in [6.45, 7) is 4.24. The maximum Gasteiger partial charge on any atom is 0.0457 e. The van der Waals surface area contributed by atoms with Crippen LogP contribution in [0.25, 0.3) is 10.9 Å². The number of hydrogen-bond donors (Lipinski definition) is 1. The second kappa shape index (κ2) is 4.06. The number of nitrogens with zero attached hydrogens (tertiary/aromatic N) is 1. The molecule has 1 radical (unpaired) electrons. The van der Waals surface area contributed by atoms with Crippen molar-refractivity contribution in [1.29, 1.82) is 0 Å². The molecule has 0 aliphatic carbocycles. The van der Waals surface area contributed by atoms with Crippen molar-refractivity contribution in [2.75, 3.05) is 0 Å². The van der Waals surface area contributed by atoms with E-state index in [1.807, 2.05) is 24.5 Å². The molecule has 1 aromatic carbocycles. The highest BCUT2D eigenvalue weighted by Crippen LogP contribution is 2.29. The summed E-state index contributed by atoms with van der Waals surface area (Å²) in [5.74, 6) is 0.111. The van der Waals surface area contributed by atoms with E-state index >= 15 is 0 Å². The minimum absolute atomic E-state index is 0.111. The second-order valence-corrected chi connectivity index (χ2v) is 4.13. The highest BCUT2D eigenvalue weighted by molar-refractivity contribution is 5.84. The zero-order chi connectivity index (χ0) is 11.7. The number of hydrogen-bond acceptors (Lipinski definition) is 1. The van der Waals surface area contributed by atoms with Crippen LogP contribution in [0.4, 0.5) is 0 Å². The fraction of sp³-hybridized carbons (Fsp3) is 0.0667. The van der Waals surface area contributed by atoms with Crippen molar-refractivity contribution in [3.8, 4) is 0 Å². The number of H-pyrrole nitrogens is 1. The first kappa shape index (κ1) is 10.1. The molecular weight excluding hydrogens is 208 g/mol. The number of fused-ring (bicyclic) bond motifs is 1. The van der Waals surface area contributed by atoms with Gasteiger partial charge in [0.15, 0.2) is 0 Å². The maximum absolute atomic E-state index is 4.24. The Labute approximate surface area is 100 Å². The zero-order valence-corrected chi connectivity index (χ0v) is 9.43. The molecule has 1 N–H and O–H groups in total. The predicted octanol–water partition coefficient (Wildman–Crippen LogP) is 3.53. The van der Waals surface area contributed by atoms with Crippen molar-refractivity contribution in [3.63, 3.8) is 0 Å². The third-order valence-electron chi connectivity index (χ3n) is 3.08. The predicted molar refractivity (Wildman–Crippen MR) is 69.7 cm³/mol. The van der Waals surface area contributed by atoms with Gasteiger partial charge in [0, 0.05) is 35.4 Å². The summed E-state index contributed by atoms with van der Waals surface area (Å²) >= 11 is 0. The van der Waals surface area contributed by atoms with Crippen molar-refractivity contribution in [3.05, 3.63) is 73.0 Å². The van der Waals surface area contributed by atoms with Gasteiger partial charge >= 0.3 is 0 Å². The van der Waals surface area contributed by atoms with Crippen molar-refractivity contribution in [1.82, 2.24) is 9.97 Å². The topological polar surface area (TPSA) is 28.7 Å². The Hall–Kier alpha value is -2.09. The lowest BCUT2D eigenvalue weighted by molar-refractivity contribution is 1.01. The Morgan fingerprint density at radius 2 is 2.00 bits per heavy atom. The van der Waals surface area contributed by atoms with E-state index < -0.39 is 0 Å². The quantitative estimate of drug-likeness (QED) is 0.704. The molecule has 3 rings (SSSR count). The summed E-state index contributed by atoms with van der Waals surface area (Å²) in [5.41, 5.74) is 3.51. The fourth-order valence-electron chi connectivity index (χ4n) is 2.14. The molecule has 0 bridgehead atoms. The fourth-order valence-corrected chi connectivity index (χ4v) is 2.14. The summed E-state index contributed by atoms with van der Waals surface area (Å²) in [7, 11) is 0. The number of pyridine rings is 1. The largest absolute Gasteiger partial charge is 0.361 e. The minimum Gasteiger partial charge on any atom is -0.361 e. The average molecular weight is 221 g/mol. The number of nitrogens with one attached hydrogen (secondary N) is 1. The van der Waals surface area contributed by atoms with Gasteiger partial charge in [0.05, 0.1) is 0 Å². The standard InChI is InChI=1S/C15H13N2/c1-11(12-5-4-8-16-9-12)14-10-17-15-7-3-2-6-13(14)15/h2-11,17H,1H2. The van der Waals surface area contributed by atoms with Crippen LogP contribution in [0.5, 0.6) is 0 Å². The summed E-state index contributed by atoms with van der Waals surface area (Å²) in [6, 6.07) is 12.3. The van der Waals surface area contributed by atoms with Crippen LogP contribution in [-0.2, 0) is 0 Å². The first-order valence-electron chi connectivity index (χ1n) is 5.65. The lowest BCUT2D eigenvalue weighted by atomic mass is 9.94. The Bertz CT molecular complexity index is 625. The summed E-state index contributed by atoms with van der Waals surface area (Å²) in [4.78, 5) is 7.42. The minimum atomic E-state index is 0.111. The van der Waals surface area contributed by atoms with Crippen LogP contribution in [0.3, 0.4) is 0 Å². The molecule has 2 nitrogen and oxygen atoms in total. The number of aromatic nitrogens is 2. The molecular formula is C15H13N2. The van der Waals surface area contributed by atoms with Gasteiger partial charge in [0.2, 0.25) is 0 Å². The van der Waals surface area contributed by atoms with Crippen molar-refractivity contribution in [2.24, 2.45) is 0 Å². The first-order chi connectivity index (χ1) is 8.36. The number of para-hydroxylation sites is 1. The van der Waals surface area contributed by atoms with Gasteiger partial charge in [0.25, 0.3) is 0 Å². The Kier molecular flexibility index (Phi) is 2.41. The molecule has 3 aromatic rings. The first-order valence-corrected chi connectivity index (χ1v) is 5.65. The van der Waals surface area contributed by atoms with E-state index in [-0.39, 0.29) is 5.92 Å². The summed E-state index contributed by atoms with van der Waals surface area (Å²) < 4.78 is 0. The molecule has 0 saturated carbocycles. The lowest BCUT2D eigenvalue weighted by Crippen LogP contribution is -1.95. The molecule has 0 aliphatic heterocycles. The summed E-state index contributed by atoms with van der Waals surface area (Å²) in [5, 5.41) is 1.23. The zero-order valence-electron chi connectivity index (χ0n) is 9.43. The lowest BCUT2D eigenvalue weighted by Gasteiger charge is -2.10. The monoisotopic (exact) mass is 221 g/mol. The van der Waals surface area contributed by atoms with Crippen LogP contribution in [0, 0.1) is 6.92 Å². The van der Waals surface area contributed by atoms with Gasteiger partial charge in [0.1, 0.15) is 0 Å². The molecule has 0 saturated heterocycles. The van der Waals surface area contributed by atoms with Crippen LogP contribution in [0.2, 0.25) is 0 Å². The van der Waals surface area contributed by atoms with Crippen molar-refractivity contribution >= 4 is 10.9 Å². The van der Waals surface area contributed by atoms with E-state index in [4.69, 9.17) is 0 Å². The van der Waals surface area contributed by atoms with Crippen LogP contribution in [0.1, 0.15) is 17.0 Å². The van der Waals surface area contributed by atoms with E-state index in [1.165, 1.54) is 10.9 Å². The third kappa shape index (κ3) is 1.72. The Balaban J connectivity index is 2.10. The van der Waals surface area contributed by atoms with Crippen molar-refractivity contribution < 1.29 is 0 Å². The smallest absolute Gasteiger partial charge is 0.0457 e. The molecule has 0 aliphatic rings. The summed E-state index contributed by atoms with van der Waals surface area (Å²) in [6.07, 6.45) is 5.69. The van der Waals surface area contributed by atoms with Crippen LogP contribution < -0.4 is 0 Å². The molecule has 1 atom stereocenters. The molecule has 0 fully saturated rings. The Morgan fingerprint density at radius 3 is 2.82 bits per heavy atom. The van der Waals surface area contributed by atoms with Gasteiger partial charge < -0.3 is 4.98 Å². The molecule has 1 unspecified atom stereocenters. The highest BCUT2D eigenvalue weighted by atomic mass is 14.7. The molecule has 83 valence electrons.